The van der Waals surface area contributed by atoms with Crippen LogP contribution in [0.4, 0.5) is 0 Å². The molecule has 0 radical (unpaired) electrons. The number of hydrogen-bond acceptors (Lipinski definition) is 4. The number of rotatable bonds is 8. The molecule has 23 heavy (non-hydrogen) atoms. The molecule has 5 heteroatoms. The highest BCUT2D eigenvalue weighted by Gasteiger charge is 2.09. The van der Waals surface area contributed by atoms with Crippen LogP contribution in [0.15, 0.2) is 54.6 Å². The molecule has 4 nitrogen and oxygen atoms in total. The number of thioether (sulfide) groups is 1. The van der Waals surface area contributed by atoms with Crippen molar-refractivity contribution in [3.8, 4) is 5.75 Å². The van der Waals surface area contributed by atoms with Gasteiger partial charge in [-0.25, -0.2) is 0 Å². The minimum Gasteiger partial charge on any atom is -0.496 e. The molecule has 2 rings (SSSR count). The van der Waals surface area contributed by atoms with Crippen LogP contribution in [0.5, 0.6) is 5.75 Å². The number of carbonyl (C=O) groups is 1. The summed E-state index contributed by atoms with van der Waals surface area (Å²) in [6.45, 7) is 0.435. The molecule has 0 aliphatic heterocycles. The first-order valence-corrected chi connectivity index (χ1v) is 8.55. The number of carbonyl (C=O) groups excluding carboxylic acids is 1. The Kier molecular flexibility index (Phi) is 6.97. The lowest BCUT2D eigenvalue weighted by molar-refractivity contribution is -0.118. The Hall–Kier alpha value is -1.98. The number of nitrogens with one attached hydrogen (secondary N) is 1. The number of para-hydroxylation sites is 1. The summed E-state index contributed by atoms with van der Waals surface area (Å²) in [5.74, 6) is 1.52. The van der Waals surface area contributed by atoms with Crippen LogP contribution < -0.4 is 10.1 Å². The maximum absolute atomic E-state index is 11.9. The lowest BCUT2D eigenvalue weighted by Crippen LogP contribution is -2.25. The van der Waals surface area contributed by atoms with E-state index in [-0.39, 0.29) is 5.91 Å². The molecule has 2 aromatic carbocycles. The van der Waals surface area contributed by atoms with Gasteiger partial charge in [0.25, 0.3) is 0 Å². The zero-order valence-corrected chi connectivity index (χ0v) is 13.9. The maximum Gasteiger partial charge on any atom is 0.230 e. The number of amides is 1. The summed E-state index contributed by atoms with van der Waals surface area (Å²) < 4.78 is 5.25. The van der Waals surface area contributed by atoms with E-state index in [2.05, 4.69) is 5.32 Å². The van der Waals surface area contributed by atoms with Crippen LogP contribution in [0.25, 0.3) is 0 Å². The third-order valence-corrected chi connectivity index (χ3v) is 4.38. The van der Waals surface area contributed by atoms with Crippen molar-refractivity contribution in [2.24, 2.45) is 0 Å². The van der Waals surface area contributed by atoms with Crippen molar-refractivity contribution >= 4 is 17.7 Å². The topological polar surface area (TPSA) is 58.6 Å². The van der Waals surface area contributed by atoms with Gasteiger partial charge in [0, 0.05) is 17.9 Å². The number of aliphatic hydroxyl groups excluding tert-OH is 1. The van der Waals surface area contributed by atoms with Gasteiger partial charge in [0.1, 0.15) is 5.75 Å². The molecule has 0 bridgehead atoms. The molecule has 0 spiro atoms. The highest BCUT2D eigenvalue weighted by Crippen LogP contribution is 2.18. The Morgan fingerprint density at radius 1 is 1.17 bits per heavy atom. The quantitative estimate of drug-likeness (QED) is 0.781. The van der Waals surface area contributed by atoms with Gasteiger partial charge in [-0.3, -0.25) is 4.79 Å². The lowest BCUT2D eigenvalue weighted by atomic mass is 10.1. The SMILES string of the molecule is COc1ccccc1CNC(=O)CSC[C@@H](O)c1ccccc1. The number of hydrogen-bond donors (Lipinski definition) is 2. The average Bonchev–Trinajstić information content (AvgIpc) is 2.60. The summed E-state index contributed by atoms with van der Waals surface area (Å²) in [6.07, 6.45) is -0.553. The summed E-state index contributed by atoms with van der Waals surface area (Å²) >= 11 is 1.42. The van der Waals surface area contributed by atoms with E-state index >= 15 is 0 Å². The smallest absolute Gasteiger partial charge is 0.230 e. The van der Waals surface area contributed by atoms with Gasteiger partial charge < -0.3 is 15.2 Å². The highest BCUT2D eigenvalue weighted by atomic mass is 32.2. The predicted molar refractivity (Wildman–Crippen MR) is 93.6 cm³/mol. The van der Waals surface area contributed by atoms with Crippen LogP contribution in [0, 0.1) is 0 Å². The van der Waals surface area contributed by atoms with Gasteiger partial charge in [0.05, 0.1) is 19.0 Å². The number of ether oxygens (including phenoxy) is 1. The molecular formula is C18H21NO3S. The summed E-state index contributed by atoms with van der Waals surface area (Å²) in [6, 6.07) is 17.1. The molecule has 0 aromatic heterocycles. The standard InChI is InChI=1S/C18H21NO3S/c1-22-17-10-6-5-9-15(17)11-19-18(21)13-23-12-16(20)14-7-3-2-4-8-14/h2-10,16,20H,11-13H2,1H3,(H,19,21)/t16-/m1/s1. The Morgan fingerprint density at radius 2 is 1.87 bits per heavy atom. The number of methoxy groups -OCH3 is 1. The normalized spacial score (nSPS) is 11.7. The summed E-state index contributed by atoms with van der Waals surface area (Å²) in [5, 5.41) is 12.9. The molecule has 2 aromatic rings. The van der Waals surface area contributed by atoms with Gasteiger partial charge in [-0.1, -0.05) is 48.5 Å². The Bertz CT molecular complexity index is 619. The van der Waals surface area contributed by atoms with E-state index in [1.165, 1.54) is 11.8 Å². The minimum atomic E-state index is -0.553. The van der Waals surface area contributed by atoms with Crippen LogP contribution >= 0.6 is 11.8 Å². The van der Waals surface area contributed by atoms with Gasteiger partial charge in [-0.2, -0.15) is 0 Å². The van der Waals surface area contributed by atoms with Gasteiger partial charge in [0.15, 0.2) is 0 Å². The summed E-state index contributed by atoms with van der Waals surface area (Å²) in [7, 11) is 1.61. The van der Waals surface area contributed by atoms with E-state index in [0.29, 0.717) is 18.1 Å². The van der Waals surface area contributed by atoms with Crippen LogP contribution in [-0.4, -0.2) is 29.6 Å². The van der Waals surface area contributed by atoms with Crippen molar-refractivity contribution in [1.29, 1.82) is 0 Å². The van der Waals surface area contributed by atoms with Gasteiger partial charge in [0.2, 0.25) is 5.91 Å². The first kappa shape index (κ1) is 17.4. The molecular weight excluding hydrogens is 310 g/mol. The van der Waals surface area contributed by atoms with Gasteiger partial charge >= 0.3 is 0 Å². The van der Waals surface area contributed by atoms with E-state index in [9.17, 15) is 9.90 Å². The fourth-order valence-corrected chi connectivity index (χ4v) is 2.95. The van der Waals surface area contributed by atoms with Crippen LogP contribution in [0.1, 0.15) is 17.2 Å². The molecule has 1 atom stereocenters. The molecule has 0 heterocycles. The van der Waals surface area contributed by atoms with Crippen molar-refractivity contribution < 1.29 is 14.6 Å². The molecule has 122 valence electrons. The maximum atomic E-state index is 11.9. The second kappa shape index (κ2) is 9.22. The Morgan fingerprint density at radius 3 is 2.61 bits per heavy atom. The van der Waals surface area contributed by atoms with Crippen LogP contribution in [-0.2, 0) is 11.3 Å². The molecule has 2 N–H and O–H groups in total. The monoisotopic (exact) mass is 331 g/mol. The van der Waals surface area contributed by atoms with Crippen molar-refractivity contribution in [2.45, 2.75) is 12.6 Å². The molecule has 0 aliphatic carbocycles. The lowest BCUT2D eigenvalue weighted by Gasteiger charge is -2.11. The fourth-order valence-electron chi connectivity index (χ4n) is 2.13. The minimum absolute atomic E-state index is 0.0545. The number of aliphatic hydroxyl groups is 1. The largest absolute Gasteiger partial charge is 0.496 e. The van der Waals surface area contributed by atoms with Crippen molar-refractivity contribution in [2.75, 3.05) is 18.6 Å². The van der Waals surface area contributed by atoms with E-state index in [1.807, 2.05) is 54.6 Å². The zero-order valence-electron chi connectivity index (χ0n) is 13.1. The van der Waals surface area contributed by atoms with E-state index in [1.54, 1.807) is 7.11 Å². The summed E-state index contributed by atoms with van der Waals surface area (Å²) in [4.78, 5) is 11.9. The van der Waals surface area contributed by atoms with E-state index < -0.39 is 6.10 Å². The molecule has 0 saturated heterocycles. The Balaban J connectivity index is 1.71. The molecule has 1 amide bonds. The van der Waals surface area contributed by atoms with Gasteiger partial charge in [-0.05, 0) is 11.6 Å². The van der Waals surface area contributed by atoms with Gasteiger partial charge in [-0.15, -0.1) is 11.8 Å². The fraction of sp³-hybridized carbons (Fsp3) is 0.278. The van der Waals surface area contributed by atoms with Crippen molar-refractivity contribution in [3.63, 3.8) is 0 Å². The first-order chi connectivity index (χ1) is 11.2. The third-order valence-electron chi connectivity index (χ3n) is 3.36. The van der Waals surface area contributed by atoms with Crippen molar-refractivity contribution in [1.82, 2.24) is 5.32 Å². The van der Waals surface area contributed by atoms with E-state index in [0.717, 1.165) is 16.9 Å². The van der Waals surface area contributed by atoms with Crippen molar-refractivity contribution in [3.05, 3.63) is 65.7 Å². The number of benzene rings is 2. The molecule has 0 aliphatic rings. The second-order valence-electron chi connectivity index (χ2n) is 5.03. The second-order valence-corrected chi connectivity index (χ2v) is 6.06. The first-order valence-electron chi connectivity index (χ1n) is 7.40. The van der Waals surface area contributed by atoms with E-state index in [4.69, 9.17) is 4.74 Å². The molecule has 0 fully saturated rings. The van der Waals surface area contributed by atoms with Crippen LogP contribution in [0.3, 0.4) is 0 Å². The average molecular weight is 331 g/mol. The molecule has 0 unspecified atom stereocenters. The van der Waals surface area contributed by atoms with Crippen LogP contribution in [0.2, 0.25) is 0 Å². The predicted octanol–water partition coefficient (Wildman–Crippen LogP) is 2.78. The zero-order chi connectivity index (χ0) is 16.5. The summed E-state index contributed by atoms with van der Waals surface area (Å²) in [5.41, 5.74) is 1.81. The Labute approximate surface area is 140 Å². The molecule has 0 saturated carbocycles. The third kappa shape index (κ3) is 5.62. The highest BCUT2D eigenvalue weighted by molar-refractivity contribution is 7.99.